The summed E-state index contributed by atoms with van der Waals surface area (Å²) in [5.74, 6) is 0.107. The number of benzene rings is 1. The molecule has 4 heteroatoms. The van der Waals surface area contributed by atoms with Gasteiger partial charge in [-0.25, -0.2) is 0 Å². The zero-order chi connectivity index (χ0) is 12.8. The molecule has 1 amide bonds. The highest BCUT2D eigenvalue weighted by molar-refractivity contribution is 5.76. The Morgan fingerprint density at radius 2 is 2.22 bits per heavy atom. The van der Waals surface area contributed by atoms with Crippen molar-refractivity contribution in [2.24, 2.45) is 5.73 Å². The maximum Gasteiger partial charge on any atom is 0.220 e. The molecule has 98 valence electrons. The first kappa shape index (κ1) is 13.1. The molecule has 18 heavy (non-hydrogen) atoms. The van der Waals surface area contributed by atoms with Crippen LogP contribution in [0.2, 0.25) is 0 Å². The number of hydrogen-bond donors (Lipinski definition) is 3. The minimum atomic E-state index is -0.0568. The molecule has 1 aromatic rings. The number of amides is 1. The molecule has 0 radical (unpaired) electrons. The third-order valence-corrected chi connectivity index (χ3v) is 3.34. The zero-order valence-corrected chi connectivity index (χ0v) is 10.6. The Bertz CT molecular complexity index is 374. The first-order chi connectivity index (χ1) is 8.75. The molecule has 4 N–H and O–H groups in total. The van der Waals surface area contributed by atoms with E-state index in [9.17, 15) is 4.79 Å². The first-order valence-corrected chi connectivity index (χ1v) is 6.56. The van der Waals surface area contributed by atoms with Gasteiger partial charge in [0.15, 0.2) is 0 Å². The van der Waals surface area contributed by atoms with E-state index in [1.165, 1.54) is 0 Å². The Morgan fingerprint density at radius 1 is 1.44 bits per heavy atom. The maximum atomic E-state index is 11.7. The van der Waals surface area contributed by atoms with Gasteiger partial charge in [0.05, 0.1) is 0 Å². The lowest BCUT2D eigenvalue weighted by molar-refractivity contribution is -0.121. The number of carbonyl (C=O) groups excluding carboxylic acids is 1. The van der Waals surface area contributed by atoms with E-state index in [0.29, 0.717) is 18.9 Å². The molecular weight excluding hydrogens is 226 g/mol. The van der Waals surface area contributed by atoms with Gasteiger partial charge < -0.3 is 16.4 Å². The van der Waals surface area contributed by atoms with E-state index in [-0.39, 0.29) is 11.9 Å². The van der Waals surface area contributed by atoms with Gasteiger partial charge >= 0.3 is 0 Å². The summed E-state index contributed by atoms with van der Waals surface area (Å²) in [6, 6.07) is 10.2. The standard InChI is InChI=1S/C14H21N3O/c15-13(11-4-2-1-3-5-11)6-7-14(18)17-12-8-9-16-10-12/h1-5,12-13,16H,6-10,15H2,(H,17,18)/t12-,13?/m0/s1. The Hall–Kier alpha value is -1.39. The maximum absolute atomic E-state index is 11.7. The van der Waals surface area contributed by atoms with Crippen LogP contribution >= 0.6 is 0 Å². The van der Waals surface area contributed by atoms with Gasteiger partial charge in [-0.1, -0.05) is 30.3 Å². The number of nitrogens with two attached hydrogens (primary N) is 1. The van der Waals surface area contributed by atoms with Crippen molar-refractivity contribution in [1.82, 2.24) is 10.6 Å². The van der Waals surface area contributed by atoms with Gasteiger partial charge in [0.25, 0.3) is 0 Å². The molecule has 4 nitrogen and oxygen atoms in total. The van der Waals surface area contributed by atoms with Crippen LogP contribution in [-0.4, -0.2) is 25.0 Å². The van der Waals surface area contributed by atoms with Crippen LogP contribution in [0.1, 0.15) is 30.9 Å². The molecule has 0 aromatic heterocycles. The third kappa shape index (κ3) is 3.82. The highest BCUT2D eigenvalue weighted by Gasteiger charge is 2.17. The van der Waals surface area contributed by atoms with E-state index in [2.05, 4.69) is 10.6 Å². The Balaban J connectivity index is 1.72. The van der Waals surface area contributed by atoms with Crippen molar-refractivity contribution < 1.29 is 4.79 Å². The average Bonchev–Trinajstić information content (AvgIpc) is 2.90. The van der Waals surface area contributed by atoms with Crippen LogP contribution in [0.25, 0.3) is 0 Å². The topological polar surface area (TPSA) is 67.2 Å². The molecule has 1 saturated heterocycles. The molecule has 1 unspecified atom stereocenters. The summed E-state index contributed by atoms with van der Waals surface area (Å²) < 4.78 is 0. The van der Waals surface area contributed by atoms with Gasteiger partial charge in [-0.3, -0.25) is 4.79 Å². The molecule has 0 bridgehead atoms. The number of carbonyl (C=O) groups is 1. The zero-order valence-electron chi connectivity index (χ0n) is 10.6. The van der Waals surface area contributed by atoms with Crippen LogP contribution in [0.15, 0.2) is 30.3 Å². The van der Waals surface area contributed by atoms with Crippen LogP contribution in [0.5, 0.6) is 0 Å². The Morgan fingerprint density at radius 3 is 2.89 bits per heavy atom. The Kier molecular flexibility index (Phi) is 4.73. The van der Waals surface area contributed by atoms with Crippen molar-refractivity contribution in [2.45, 2.75) is 31.3 Å². The number of rotatable bonds is 5. The third-order valence-electron chi connectivity index (χ3n) is 3.34. The largest absolute Gasteiger partial charge is 0.352 e. The normalized spacial score (nSPS) is 20.6. The summed E-state index contributed by atoms with van der Waals surface area (Å²) >= 11 is 0. The summed E-state index contributed by atoms with van der Waals surface area (Å²) in [4.78, 5) is 11.7. The Labute approximate surface area is 108 Å². The van der Waals surface area contributed by atoms with Crippen LogP contribution in [0, 0.1) is 0 Å². The molecular formula is C14H21N3O. The second-order valence-electron chi connectivity index (χ2n) is 4.81. The molecule has 0 aliphatic carbocycles. The van der Waals surface area contributed by atoms with Gasteiger partial charge in [-0.2, -0.15) is 0 Å². The predicted octanol–water partition coefficient (Wildman–Crippen LogP) is 0.945. The predicted molar refractivity (Wildman–Crippen MR) is 72.0 cm³/mol. The van der Waals surface area contributed by atoms with E-state index >= 15 is 0 Å². The lowest BCUT2D eigenvalue weighted by Crippen LogP contribution is -2.36. The van der Waals surface area contributed by atoms with Crippen LogP contribution in [-0.2, 0) is 4.79 Å². The molecule has 2 atom stereocenters. The van der Waals surface area contributed by atoms with Gasteiger partial charge in [0.2, 0.25) is 5.91 Å². The summed E-state index contributed by atoms with van der Waals surface area (Å²) in [6.07, 6.45) is 2.21. The van der Waals surface area contributed by atoms with Gasteiger partial charge in [-0.05, 0) is 24.9 Å². The summed E-state index contributed by atoms with van der Waals surface area (Å²) in [6.45, 7) is 1.88. The monoisotopic (exact) mass is 247 g/mol. The molecule has 0 saturated carbocycles. The average molecular weight is 247 g/mol. The van der Waals surface area contributed by atoms with Crippen LogP contribution in [0.4, 0.5) is 0 Å². The van der Waals surface area contributed by atoms with Gasteiger partial charge in [0.1, 0.15) is 0 Å². The van der Waals surface area contributed by atoms with Crippen molar-refractivity contribution in [3.05, 3.63) is 35.9 Å². The fraction of sp³-hybridized carbons (Fsp3) is 0.500. The highest BCUT2D eigenvalue weighted by atomic mass is 16.1. The van der Waals surface area contributed by atoms with Crippen LogP contribution in [0.3, 0.4) is 0 Å². The minimum Gasteiger partial charge on any atom is -0.352 e. The number of hydrogen-bond acceptors (Lipinski definition) is 3. The fourth-order valence-electron chi connectivity index (χ4n) is 2.23. The second kappa shape index (κ2) is 6.52. The summed E-state index contributed by atoms with van der Waals surface area (Å²) in [5.41, 5.74) is 7.15. The SMILES string of the molecule is NC(CCC(=O)N[C@H]1CCNC1)c1ccccc1. The smallest absolute Gasteiger partial charge is 0.220 e. The van der Waals surface area contributed by atoms with E-state index in [1.807, 2.05) is 30.3 Å². The molecule has 2 rings (SSSR count). The summed E-state index contributed by atoms with van der Waals surface area (Å²) in [5, 5.41) is 6.26. The number of nitrogens with one attached hydrogen (secondary N) is 2. The van der Waals surface area contributed by atoms with Crippen LogP contribution < -0.4 is 16.4 Å². The molecule has 1 aromatic carbocycles. The highest BCUT2D eigenvalue weighted by Crippen LogP contribution is 2.15. The van der Waals surface area contributed by atoms with E-state index in [1.54, 1.807) is 0 Å². The molecule has 1 aliphatic heterocycles. The quantitative estimate of drug-likeness (QED) is 0.725. The second-order valence-corrected chi connectivity index (χ2v) is 4.81. The first-order valence-electron chi connectivity index (χ1n) is 6.56. The fourth-order valence-corrected chi connectivity index (χ4v) is 2.23. The molecule has 1 heterocycles. The summed E-state index contributed by atoms with van der Waals surface area (Å²) in [7, 11) is 0. The van der Waals surface area contributed by atoms with Gasteiger partial charge in [0, 0.05) is 25.0 Å². The molecule has 1 aliphatic rings. The molecule has 1 fully saturated rings. The van der Waals surface area contributed by atoms with Gasteiger partial charge in [-0.15, -0.1) is 0 Å². The van der Waals surface area contributed by atoms with E-state index < -0.39 is 0 Å². The van der Waals surface area contributed by atoms with Crippen molar-refractivity contribution in [1.29, 1.82) is 0 Å². The van der Waals surface area contributed by atoms with Crippen molar-refractivity contribution >= 4 is 5.91 Å². The lowest BCUT2D eigenvalue weighted by Gasteiger charge is -2.14. The lowest BCUT2D eigenvalue weighted by atomic mass is 10.0. The van der Waals surface area contributed by atoms with E-state index in [0.717, 1.165) is 25.1 Å². The van der Waals surface area contributed by atoms with E-state index in [4.69, 9.17) is 5.73 Å². The van der Waals surface area contributed by atoms with Crippen molar-refractivity contribution in [3.8, 4) is 0 Å². The minimum absolute atomic E-state index is 0.0568. The van der Waals surface area contributed by atoms with Crippen molar-refractivity contribution in [2.75, 3.05) is 13.1 Å². The molecule has 0 spiro atoms. The van der Waals surface area contributed by atoms with Crippen molar-refractivity contribution in [3.63, 3.8) is 0 Å².